The number of methoxy groups -OCH3 is 1. The van der Waals surface area contributed by atoms with E-state index in [9.17, 15) is 13.2 Å². The van der Waals surface area contributed by atoms with Gasteiger partial charge in [0.05, 0.1) is 30.4 Å². The van der Waals surface area contributed by atoms with Gasteiger partial charge in [-0.1, -0.05) is 18.2 Å². The van der Waals surface area contributed by atoms with Crippen LogP contribution in [0.1, 0.15) is 23.0 Å². The molecule has 8 heteroatoms. The summed E-state index contributed by atoms with van der Waals surface area (Å²) in [5, 5.41) is 7.30. The van der Waals surface area contributed by atoms with E-state index in [1.165, 1.54) is 0 Å². The molecular weight excluding hydrogens is 390 g/mol. The van der Waals surface area contributed by atoms with Gasteiger partial charge >= 0.3 is 0 Å². The van der Waals surface area contributed by atoms with Gasteiger partial charge < -0.3 is 10.1 Å². The van der Waals surface area contributed by atoms with Crippen molar-refractivity contribution >= 4 is 21.4 Å². The van der Waals surface area contributed by atoms with Crippen molar-refractivity contribution in [3.05, 3.63) is 66.4 Å². The number of ether oxygens (including phenoxy) is 1. The standard InChI is InChI=1S/C21H21N3O4S/c1-28-18-9-7-15(8-10-18)20-13-19(21(25)22-16-5-3-2-4-6-16)23-24(20)17-11-12-29(26,27)14-17/h2-10,13,17H,11-12,14H2,1H3,(H,22,25). The van der Waals surface area contributed by atoms with Crippen LogP contribution in [0.15, 0.2) is 60.7 Å². The Morgan fingerprint density at radius 3 is 2.48 bits per heavy atom. The van der Waals surface area contributed by atoms with E-state index >= 15 is 0 Å². The minimum Gasteiger partial charge on any atom is -0.497 e. The summed E-state index contributed by atoms with van der Waals surface area (Å²) in [6.45, 7) is 0. The molecule has 1 aliphatic rings. The molecule has 3 aromatic rings. The number of amides is 1. The lowest BCUT2D eigenvalue weighted by molar-refractivity contribution is 0.102. The molecule has 1 aromatic heterocycles. The molecule has 1 unspecified atom stereocenters. The fourth-order valence-electron chi connectivity index (χ4n) is 3.45. The second kappa shape index (κ2) is 7.71. The van der Waals surface area contributed by atoms with Crippen LogP contribution in [0.5, 0.6) is 5.75 Å². The molecule has 2 aromatic carbocycles. The summed E-state index contributed by atoms with van der Waals surface area (Å²) in [6.07, 6.45) is 0.479. The number of aromatic nitrogens is 2. The van der Waals surface area contributed by atoms with Crippen LogP contribution in [0.2, 0.25) is 0 Å². The van der Waals surface area contributed by atoms with Crippen molar-refractivity contribution in [2.24, 2.45) is 0 Å². The molecule has 0 spiro atoms. The number of hydrogen-bond acceptors (Lipinski definition) is 5. The predicted molar refractivity (Wildman–Crippen MR) is 111 cm³/mol. The molecule has 150 valence electrons. The van der Waals surface area contributed by atoms with Crippen molar-refractivity contribution in [1.82, 2.24) is 9.78 Å². The molecular formula is C21H21N3O4S. The van der Waals surface area contributed by atoms with Gasteiger partial charge in [-0.3, -0.25) is 9.48 Å². The zero-order valence-corrected chi connectivity index (χ0v) is 16.7. The number of carbonyl (C=O) groups excluding carboxylic acids is 1. The highest BCUT2D eigenvalue weighted by Crippen LogP contribution is 2.31. The molecule has 1 saturated heterocycles. The zero-order chi connectivity index (χ0) is 20.4. The highest BCUT2D eigenvalue weighted by Gasteiger charge is 2.32. The number of rotatable bonds is 5. The lowest BCUT2D eigenvalue weighted by atomic mass is 10.1. The van der Waals surface area contributed by atoms with Gasteiger partial charge in [0.15, 0.2) is 15.5 Å². The molecule has 1 atom stereocenters. The van der Waals surface area contributed by atoms with Crippen molar-refractivity contribution in [3.8, 4) is 17.0 Å². The maximum absolute atomic E-state index is 12.7. The Morgan fingerprint density at radius 1 is 1.14 bits per heavy atom. The van der Waals surface area contributed by atoms with E-state index < -0.39 is 9.84 Å². The van der Waals surface area contributed by atoms with E-state index in [-0.39, 0.29) is 29.1 Å². The lowest BCUT2D eigenvalue weighted by Crippen LogP contribution is -2.16. The van der Waals surface area contributed by atoms with Crippen LogP contribution in [0.4, 0.5) is 5.69 Å². The van der Waals surface area contributed by atoms with Gasteiger partial charge in [-0.25, -0.2) is 8.42 Å². The molecule has 1 N–H and O–H groups in total. The average molecular weight is 411 g/mol. The first-order valence-electron chi connectivity index (χ1n) is 9.26. The van der Waals surface area contributed by atoms with Gasteiger partial charge in [-0.15, -0.1) is 0 Å². The van der Waals surface area contributed by atoms with Gasteiger partial charge in [0.1, 0.15) is 5.75 Å². The topological polar surface area (TPSA) is 90.3 Å². The Kier molecular flexibility index (Phi) is 5.10. The Hall–Kier alpha value is -3.13. The molecule has 0 radical (unpaired) electrons. The monoisotopic (exact) mass is 411 g/mol. The minimum absolute atomic E-state index is 0.0254. The lowest BCUT2D eigenvalue weighted by Gasteiger charge is -2.13. The Morgan fingerprint density at radius 2 is 1.86 bits per heavy atom. The normalized spacial score (nSPS) is 17.8. The third-order valence-corrected chi connectivity index (χ3v) is 6.69. The number of nitrogens with zero attached hydrogens (tertiary/aromatic N) is 2. The third kappa shape index (κ3) is 4.17. The van der Waals surface area contributed by atoms with Crippen molar-refractivity contribution in [2.45, 2.75) is 12.5 Å². The largest absolute Gasteiger partial charge is 0.497 e. The molecule has 0 bridgehead atoms. The van der Waals surface area contributed by atoms with Crippen LogP contribution in [0, 0.1) is 0 Å². The number of benzene rings is 2. The van der Waals surface area contributed by atoms with Gasteiger partial charge in [-0.05, 0) is 48.9 Å². The SMILES string of the molecule is COc1ccc(-c2cc(C(=O)Nc3ccccc3)nn2C2CCS(=O)(=O)C2)cc1. The van der Waals surface area contributed by atoms with Crippen molar-refractivity contribution < 1.29 is 17.9 Å². The summed E-state index contributed by atoms with van der Waals surface area (Å²) in [7, 11) is -1.50. The predicted octanol–water partition coefficient (Wildman–Crippen LogP) is 3.17. The molecule has 1 aliphatic heterocycles. The summed E-state index contributed by atoms with van der Waals surface area (Å²) in [5.74, 6) is 0.527. The van der Waals surface area contributed by atoms with Gasteiger partial charge in [0.25, 0.3) is 5.91 Å². The van der Waals surface area contributed by atoms with Crippen LogP contribution < -0.4 is 10.1 Å². The van der Waals surface area contributed by atoms with Crippen LogP contribution in [0.3, 0.4) is 0 Å². The van der Waals surface area contributed by atoms with Crippen LogP contribution >= 0.6 is 0 Å². The molecule has 4 rings (SSSR count). The van der Waals surface area contributed by atoms with E-state index in [2.05, 4.69) is 10.4 Å². The molecule has 29 heavy (non-hydrogen) atoms. The third-order valence-electron chi connectivity index (χ3n) is 4.94. The Labute approximate surface area is 169 Å². The molecule has 1 fully saturated rings. The van der Waals surface area contributed by atoms with E-state index in [1.54, 1.807) is 30.0 Å². The van der Waals surface area contributed by atoms with Gasteiger partial charge in [0.2, 0.25) is 0 Å². The molecule has 7 nitrogen and oxygen atoms in total. The van der Waals surface area contributed by atoms with E-state index in [0.717, 1.165) is 5.56 Å². The summed E-state index contributed by atoms with van der Waals surface area (Å²) in [4.78, 5) is 12.7. The first-order valence-corrected chi connectivity index (χ1v) is 11.1. The molecule has 2 heterocycles. The molecule has 1 amide bonds. The van der Waals surface area contributed by atoms with Crippen LogP contribution in [0.25, 0.3) is 11.3 Å². The van der Waals surface area contributed by atoms with Crippen LogP contribution in [-0.2, 0) is 9.84 Å². The summed E-state index contributed by atoms with van der Waals surface area (Å²) >= 11 is 0. The second-order valence-electron chi connectivity index (χ2n) is 6.96. The highest BCUT2D eigenvalue weighted by molar-refractivity contribution is 7.91. The molecule has 0 aliphatic carbocycles. The smallest absolute Gasteiger partial charge is 0.276 e. The Balaban J connectivity index is 1.70. The maximum Gasteiger partial charge on any atom is 0.276 e. The summed E-state index contributed by atoms with van der Waals surface area (Å²) in [6, 6.07) is 17.9. The summed E-state index contributed by atoms with van der Waals surface area (Å²) < 4.78 is 30.9. The van der Waals surface area contributed by atoms with Gasteiger partial charge in [-0.2, -0.15) is 5.10 Å². The second-order valence-corrected chi connectivity index (χ2v) is 9.19. The number of carbonyl (C=O) groups is 1. The number of sulfone groups is 1. The van der Waals surface area contributed by atoms with E-state index in [0.29, 0.717) is 23.6 Å². The minimum atomic E-state index is -3.09. The quantitative estimate of drug-likeness (QED) is 0.696. The van der Waals surface area contributed by atoms with Crippen molar-refractivity contribution in [3.63, 3.8) is 0 Å². The first kappa shape index (κ1) is 19.2. The first-order chi connectivity index (χ1) is 13.9. The number of para-hydroxylation sites is 1. The summed E-state index contributed by atoms with van der Waals surface area (Å²) in [5.41, 5.74) is 2.44. The number of nitrogens with one attached hydrogen (secondary N) is 1. The number of anilines is 1. The number of hydrogen-bond donors (Lipinski definition) is 1. The Bertz CT molecular complexity index is 1120. The average Bonchev–Trinajstić information content (AvgIpc) is 3.32. The van der Waals surface area contributed by atoms with Crippen molar-refractivity contribution in [1.29, 1.82) is 0 Å². The fourth-order valence-corrected chi connectivity index (χ4v) is 5.14. The zero-order valence-electron chi connectivity index (χ0n) is 15.9. The van der Waals surface area contributed by atoms with E-state index in [1.807, 2.05) is 42.5 Å². The van der Waals surface area contributed by atoms with Crippen molar-refractivity contribution in [2.75, 3.05) is 23.9 Å². The fraction of sp³-hybridized carbons (Fsp3) is 0.238. The van der Waals surface area contributed by atoms with Gasteiger partial charge in [0, 0.05) is 11.3 Å². The molecule has 0 saturated carbocycles. The maximum atomic E-state index is 12.7. The van der Waals surface area contributed by atoms with E-state index in [4.69, 9.17) is 4.74 Å². The highest BCUT2D eigenvalue weighted by atomic mass is 32.2. The van der Waals surface area contributed by atoms with Crippen LogP contribution in [-0.4, -0.2) is 42.7 Å².